The fourth-order valence-corrected chi connectivity index (χ4v) is 5.57. The Kier molecular flexibility index (Phi) is 5.07. The van der Waals surface area contributed by atoms with E-state index in [9.17, 15) is 4.79 Å². The van der Waals surface area contributed by atoms with Crippen molar-refractivity contribution in [1.82, 2.24) is 9.97 Å². The summed E-state index contributed by atoms with van der Waals surface area (Å²) in [4.78, 5) is 23.0. The van der Waals surface area contributed by atoms with Crippen LogP contribution in [-0.2, 0) is 9.47 Å². The smallest absolute Gasteiger partial charge is 0.348 e. The number of carbonyl (C=O) groups excluding carboxylic acids is 1. The Labute approximate surface area is 163 Å². The maximum atomic E-state index is 12.3. The van der Waals surface area contributed by atoms with Crippen LogP contribution in [0.25, 0.3) is 10.2 Å². The van der Waals surface area contributed by atoms with E-state index in [2.05, 4.69) is 15.3 Å². The topological polar surface area (TPSA) is 73.3 Å². The van der Waals surface area contributed by atoms with Gasteiger partial charge in [-0.05, 0) is 52.0 Å². The van der Waals surface area contributed by atoms with Gasteiger partial charge in [0.05, 0.1) is 17.6 Å². The largest absolute Gasteiger partial charge is 0.462 e. The van der Waals surface area contributed by atoms with Gasteiger partial charge in [0, 0.05) is 12.6 Å². The summed E-state index contributed by atoms with van der Waals surface area (Å²) in [5, 5.41) is 4.61. The molecule has 1 N–H and O–H groups in total. The fourth-order valence-electron chi connectivity index (χ4n) is 4.45. The minimum Gasteiger partial charge on any atom is -0.462 e. The van der Waals surface area contributed by atoms with E-state index in [1.54, 1.807) is 0 Å². The summed E-state index contributed by atoms with van der Waals surface area (Å²) in [7, 11) is 0. The van der Waals surface area contributed by atoms with E-state index >= 15 is 0 Å². The van der Waals surface area contributed by atoms with Crippen LogP contribution in [0.4, 0.5) is 5.82 Å². The lowest BCUT2D eigenvalue weighted by molar-refractivity contribution is -0.0767. The van der Waals surface area contributed by atoms with Gasteiger partial charge in [-0.1, -0.05) is 12.8 Å². The summed E-state index contributed by atoms with van der Waals surface area (Å²) >= 11 is 1.39. The van der Waals surface area contributed by atoms with Crippen LogP contribution >= 0.6 is 11.3 Å². The Morgan fingerprint density at radius 1 is 1.33 bits per heavy atom. The molecule has 1 atom stereocenters. The first-order valence-electron chi connectivity index (χ1n) is 9.87. The summed E-state index contributed by atoms with van der Waals surface area (Å²) in [6.45, 7) is 6.83. The Hall–Kier alpha value is -1.73. The van der Waals surface area contributed by atoms with Gasteiger partial charge in [-0.25, -0.2) is 14.8 Å². The molecule has 2 aliphatic rings. The van der Waals surface area contributed by atoms with Crippen LogP contribution in [-0.4, -0.2) is 40.8 Å². The number of nitrogens with one attached hydrogen (secondary N) is 1. The maximum absolute atomic E-state index is 12.3. The van der Waals surface area contributed by atoms with Crippen molar-refractivity contribution < 1.29 is 14.3 Å². The molecule has 1 aliphatic carbocycles. The molecule has 0 amide bonds. The van der Waals surface area contributed by atoms with E-state index in [0.29, 0.717) is 23.4 Å². The van der Waals surface area contributed by atoms with E-state index in [1.165, 1.54) is 24.2 Å². The number of rotatable bonds is 4. The maximum Gasteiger partial charge on any atom is 0.348 e. The molecule has 4 rings (SSSR count). The zero-order chi connectivity index (χ0) is 19.0. The van der Waals surface area contributed by atoms with E-state index in [0.717, 1.165) is 53.9 Å². The third-order valence-corrected chi connectivity index (χ3v) is 6.88. The normalized spacial score (nSPS) is 21.7. The minimum absolute atomic E-state index is 0.0525. The van der Waals surface area contributed by atoms with Crippen LogP contribution < -0.4 is 5.32 Å². The summed E-state index contributed by atoms with van der Waals surface area (Å²) < 4.78 is 11.4. The molecule has 0 aromatic carbocycles. The molecule has 2 fully saturated rings. The number of esters is 1. The summed E-state index contributed by atoms with van der Waals surface area (Å²) in [5.41, 5.74) is 0.954. The molecule has 3 heterocycles. The quantitative estimate of drug-likeness (QED) is 0.782. The number of ether oxygens (including phenoxy) is 2. The molecule has 2 aromatic rings. The highest BCUT2D eigenvalue weighted by atomic mass is 32.1. The second-order valence-electron chi connectivity index (χ2n) is 7.65. The molecule has 1 aliphatic heterocycles. The van der Waals surface area contributed by atoms with Crippen LogP contribution in [0, 0.1) is 13.8 Å². The van der Waals surface area contributed by atoms with E-state index in [-0.39, 0.29) is 11.6 Å². The molecule has 0 bridgehead atoms. The van der Waals surface area contributed by atoms with Crippen molar-refractivity contribution in [3.05, 3.63) is 16.3 Å². The van der Waals surface area contributed by atoms with Crippen molar-refractivity contribution in [3.63, 3.8) is 0 Å². The number of anilines is 1. The predicted octanol–water partition coefficient (Wildman–Crippen LogP) is 4.39. The first-order chi connectivity index (χ1) is 13.0. The average molecular weight is 390 g/mol. The Morgan fingerprint density at radius 2 is 2.11 bits per heavy atom. The van der Waals surface area contributed by atoms with Gasteiger partial charge in [0.25, 0.3) is 0 Å². The average Bonchev–Trinajstić information content (AvgIpc) is 3.20. The van der Waals surface area contributed by atoms with Crippen molar-refractivity contribution in [3.8, 4) is 0 Å². The number of carbonyl (C=O) groups is 1. The SMILES string of the molecule is CCOC(=O)c1sc2nc(C)nc(NC3CCOC4(CCCC4)C3)c2c1C. The van der Waals surface area contributed by atoms with Crippen molar-refractivity contribution in [2.75, 3.05) is 18.5 Å². The molecule has 2 aromatic heterocycles. The van der Waals surface area contributed by atoms with Crippen LogP contribution in [0.5, 0.6) is 0 Å². The highest BCUT2D eigenvalue weighted by molar-refractivity contribution is 7.20. The minimum atomic E-state index is -0.280. The summed E-state index contributed by atoms with van der Waals surface area (Å²) in [6.07, 6.45) is 6.83. The van der Waals surface area contributed by atoms with Crippen molar-refractivity contribution >= 4 is 33.3 Å². The van der Waals surface area contributed by atoms with Crippen LogP contribution in [0.15, 0.2) is 0 Å². The van der Waals surface area contributed by atoms with Gasteiger partial charge in [-0.15, -0.1) is 11.3 Å². The molecule has 7 heteroatoms. The fraction of sp³-hybridized carbons (Fsp3) is 0.650. The Balaban J connectivity index is 1.65. The van der Waals surface area contributed by atoms with Gasteiger partial charge in [0.2, 0.25) is 0 Å². The van der Waals surface area contributed by atoms with Gasteiger partial charge < -0.3 is 14.8 Å². The lowest BCUT2D eigenvalue weighted by atomic mass is 9.89. The lowest BCUT2D eigenvalue weighted by Gasteiger charge is -2.38. The van der Waals surface area contributed by atoms with Crippen LogP contribution in [0.3, 0.4) is 0 Å². The van der Waals surface area contributed by atoms with Crippen molar-refractivity contribution in [1.29, 1.82) is 0 Å². The predicted molar refractivity (Wildman–Crippen MR) is 107 cm³/mol. The van der Waals surface area contributed by atoms with Crippen molar-refractivity contribution in [2.24, 2.45) is 0 Å². The highest BCUT2D eigenvalue weighted by Gasteiger charge is 2.40. The second kappa shape index (κ2) is 7.36. The number of aryl methyl sites for hydroxylation is 2. The molecule has 1 saturated carbocycles. The summed E-state index contributed by atoms with van der Waals surface area (Å²) in [6, 6.07) is 0.333. The molecular weight excluding hydrogens is 362 g/mol. The molecule has 1 unspecified atom stereocenters. The summed E-state index contributed by atoms with van der Waals surface area (Å²) in [5.74, 6) is 1.27. The molecule has 146 valence electrons. The number of hydrogen-bond donors (Lipinski definition) is 1. The Bertz CT molecular complexity index is 858. The van der Waals surface area contributed by atoms with Gasteiger partial charge in [-0.2, -0.15) is 0 Å². The van der Waals surface area contributed by atoms with Crippen molar-refractivity contribution in [2.45, 2.75) is 70.9 Å². The monoisotopic (exact) mass is 389 g/mol. The van der Waals surface area contributed by atoms with Gasteiger partial charge >= 0.3 is 5.97 Å². The van der Waals surface area contributed by atoms with Crippen LogP contribution in [0.1, 0.15) is 66.5 Å². The molecule has 27 heavy (non-hydrogen) atoms. The zero-order valence-electron chi connectivity index (χ0n) is 16.3. The number of thiophene rings is 1. The first-order valence-corrected chi connectivity index (χ1v) is 10.7. The number of aromatic nitrogens is 2. The van der Waals surface area contributed by atoms with E-state index in [4.69, 9.17) is 9.47 Å². The molecule has 1 saturated heterocycles. The third-order valence-electron chi connectivity index (χ3n) is 5.71. The standard InChI is InChI=1S/C20H27N3O3S/c1-4-25-19(24)16-12(2)15-17(21-13(3)22-18(15)27-16)23-14-7-10-26-20(11-14)8-5-6-9-20/h14H,4-11H2,1-3H3,(H,21,22,23). The molecule has 1 spiro atoms. The first kappa shape index (κ1) is 18.6. The second-order valence-corrected chi connectivity index (χ2v) is 8.65. The molecule has 6 nitrogen and oxygen atoms in total. The molecule has 0 radical (unpaired) electrons. The highest BCUT2D eigenvalue weighted by Crippen LogP contribution is 2.41. The van der Waals surface area contributed by atoms with Gasteiger partial charge in [-0.3, -0.25) is 0 Å². The molecular formula is C20H27N3O3S. The van der Waals surface area contributed by atoms with Crippen LogP contribution in [0.2, 0.25) is 0 Å². The zero-order valence-corrected chi connectivity index (χ0v) is 17.1. The van der Waals surface area contributed by atoms with E-state index < -0.39 is 0 Å². The van der Waals surface area contributed by atoms with E-state index in [1.807, 2.05) is 20.8 Å². The number of fused-ring (bicyclic) bond motifs is 1. The third kappa shape index (κ3) is 3.55. The van der Waals surface area contributed by atoms with Gasteiger partial charge in [0.1, 0.15) is 21.3 Å². The Morgan fingerprint density at radius 3 is 2.85 bits per heavy atom. The van der Waals surface area contributed by atoms with Gasteiger partial charge in [0.15, 0.2) is 0 Å². The lowest BCUT2D eigenvalue weighted by Crippen LogP contribution is -2.42. The number of nitrogens with zero attached hydrogens (tertiary/aromatic N) is 2. The number of hydrogen-bond acceptors (Lipinski definition) is 7.